The molecule has 2 aliphatic rings. The average Bonchev–Trinajstić information content (AvgIpc) is 2.60. The van der Waals surface area contributed by atoms with Crippen LogP contribution in [0.25, 0.3) is 0 Å². The summed E-state index contributed by atoms with van der Waals surface area (Å²) in [4.78, 5) is 0. The van der Waals surface area contributed by atoms with Gasteiger partial charge in [-0.15, -0.1) is 0 Å². The first-order chi connectivity index (χ1) is 8.68. The Morgan fingerprint density at radius 2 is 1.32 bits per heavy atom. The van der Waals surface area contributed by atoms with Gasteiger partial charge in [0.15, 0.2) is 0 Å². The van der Waals surface area contributed by atoms with Crippen molar-refractivity contribution in [2.45, 2.75) is 41.5 Å². The van der Waals surface area contributed by atoms with E-state index in [0.717, 1.165) is 23.7 Å². The number of allylic oxidation sites excluding steroid dienone is 4. The molecule has 0 N–H and O–H groups in total. The average molecular weight is 359 g/mol. The maximum atomic E-state index is 4.97. The molecule has 0 fully saturated rings. The van der Waals surface area contributed by atoms with Crippen LogP contribution in [0, 0.1) is 29.6 Å². The minimum atomic E-state index is -1.92. The molecule has 0 aromatic rings. The Kier molecular flexibility index (Phi) is 7.02. The molecule has 0 aliphatic heterocycles. The molecule has 0 saturated heterocycles. The summed E-state index contributed by atoms with van der Waals surface area (Å²) in [5.41, 5.74) is 4.98. The summed E-state index contributed by atoms with van der Waals surface area (Å²) in [6, 6.07) is 0. The van der Waals surface area contributed by atoms with Gasteiger partial charge in [-0.25, -0.2) is 0 Å². The van der Waals surface area contributed by atoms with Crippen molar-refractivity contribution >= 4 is 27.9 Å². The van der Waals surface area contributed by atoms with Crippen LogP contribution in [-0.2, 0) is 14.7 Å². The molecule has 0 spiro atoms. The molecule has 5 unspecified atom stereocenters. The molecular weight excluding hydrogens is 334 g/mol. The van der Waals surface area contributed by atoms with Crippen molar-refractivity contribution in [2.75, 3.05) is 0 Å². The molecular formula is C15H24Cl3Ti. The summed E-state index contributed by atoms with van der Waals surface area (Å²) < 4.78 is 0. The number of hydrogen-bond donors (Lipinski definition) is 0. The summed E-state index contributed by atoms with van der Waals surface area (Å²) in [6.45, 7) is 14.3. The van der Waals surface area contributed by atoms with E-state index < -0.39 is 14.7 Å². The van der Waals surface area contributed by atoms with E-state index in [-0.39, 0.29) is 0 Å². The molecule has 19 heavy (non-hydrogen) atoms. The van der Waals surface area contributed by atoms with Crippen LogP contribution >= 0.6 is 27.9 Å². The minimum absolute atomic E-state index is 0.701. The second-order valence-electron chi connectivity index (χ2n) is 6.03. The Balaban J connectivity index is 0.000000399. The van der Waals surface area contributed by atoms with Gasteiger partial charge < -0.3 is 0 Å². The molecule has 0 aromatic carbocycles. The van der Waals surface area contributed by atoms with Crippen LogP contribution < -0.4 is 0 Å². The SMILES string of the molecule is CC1=CC2=C(C1C)C(C)C(C)C(C)C2C.[Cl][Ti]([Cl])[Cl]. The maximum absolute atomic E-state index is 4.97. The van der Waals surface area contributed by atoms with Gasteiger partial charge in [-0.2, -0.15) is 0 Å². The second kappa shape index (κ2) is 7.36. The summed E-state index contributed by atoms with van der Waals surface area (Å²) >= 11 is -1.92. The second-order valence-corrected chi connectivity index (χ2v) is 13.8. The summed E-state index contributed by atoms with van der Waals surface area (Å²) in [5, 5.41) is 0. The fourth-order valence-corrected chi connectivity index (χ4v) is 3.48. The van der Waals surface area contributed by atoms with Gasteiger partial charge in [0, 0.05) is 0 Å². The van der Waals surface area contributed by atoms with E-state index in [2.05, 4.69) is 47.6 Å². The van der Waals surface area contributed by atoms with E-state index in [4.69, 9.17) is 27.9 Å². The van der Waals surface area contributed by atoms with Gasteiger partial charge in [-0.05, 0) is 42.1 Å². The Morgan fingerprint density at radius 1 is 0.895 bits per heavy atom. The Labute approximate surface area is 136 Å². The molecule has 0 nitrogen and oxygen atoms in total. The zero-order valence-corrected chi connectivity index (χ0v) is 16.4. The van der Waals surface area contributed by atoms with Crippen molar-refractivity contribution < 1.29 is 14.7 Å². The third-order valence-electron chi connectivity index (χ3n) is 5.25. The number of halogens is 3. The van der Waals surface area contributed by atoms with Crippen LogP contribution in [0.5, 0.6) is 0 Å². The molecule has 0 aromatic heterocycles. The van der Waals surface area contributed by atoms with Gasteiger partial charge in [-0.1, -0.05) is 51.8 Å². The van der Waals surface area contributed by atoms with Crippen molar-refractivity contribution in [3.05, 3.63) is 22.8 Å². The van der Waals surface area contributed by atoms with E-state index >= 15 is 0 Å². The van der Waals surface area contributed by atoms with Crippen LogP contribution in [0.3, 0.4) is 0 Å². The van der Waals surface area contributed by atoms with Crippen molar-refractivity contribution in [3.8, 4) is 0 Å². The first kappa shape index (κ1) is 18.1. The van der Waals surface area contributed by atoms with E-state index in [0.29, 0.717) is 5.92 Å². The summed E-state index contributed by atoms with van der Waals surface area (Å²) in [5.74, 6) is 3.89. The van der Waals surface area contributed by atoms with Gasteiger partial charge in [0.1, 0.15) is 0 Å². The molecule has 2 rings (SSSR count). The van der Waals surface area contributed by atoms with Crippen molar-refractivity contribution in [3.63, 3.8) is 0 Å². The van der Waals surface area contributed by atoms with E-state index in [1.807, 2.05) is 0 Å². The standard InChI is InChI=1S/C15H24.3ClH.Ti/c1-8-7-14-12(5)10(3)11(4)13(6)15(14)9(8)2;;;;/h7,9-13H,1-6H3;3*1H;/q;;;;+3/p-3. The normalized spacial score (nSPS) is 37.3. The third kappa shape index (κ3) is 4.04. The molecule has 0 radical (unpaired) electrons. The fraction of sp³-hybridized carbons (Fsp3) is 0.733. The van der Waals surface area contributed by atoms with Gasteiger partial charge in [0.2, 0.25) is 0 Å². The monoisotopic (exact) mass is 357 g/mol. The van der Waals surface area contributed by atoms with E-state index in [1.54, 1.807) is 16.7 Å². The summed E-state index contributed by atoms with van der Waals surface area (Å²) in [6.07, 6.45) is 2.46. The quantitative estimate of drug-likeness (QED) is 0.433. The van der Waals surface area contributed by atoms with Gasteiger partial charge in [-0.3, -0.25) is 0 Å². The zero-order chi connectivity index (χ0) is 14.9. The van der Waals surface area contributed by atoms with Crippen LogP contribution in [-0.4, -0.2) is 0 Å². The predicted molar refractivity (Wildman–Crippen MR) is 84.2 cm³/mol. The molecule has 4 heteroatoms. The van der Waals surface area contributed by atoms with Crippen molar-refractivity contribution in [1.29, 1.82) is 0 Å². The molecule has 2 aliphatic carbocycles. The Bertz CT molecular complexity index is 384. The van der Waals surface area contributed by atoms with Gasteiger partial charge in [0.05, 0.1) is 0 Å². The first-order valence-corrected chi connectivity index (χ1v) is 13.4. The fourth-order valence-electron chi connectivity index (χ4n) is 3.48. The third-order valence-corrected chi connectivity index (χ3v) is 5.25. The van der Waals surface area contributed by atoms with E-state index in [1.165, 1.54) is 0 Å². The topological polar surface area (TPSA) is 0 Å². The summed E-state index contributed by atoms with van der Waals surface area (Å²) in [7, 11) is 14.9. The van der Waals surface area contributed by atoms with Gasteiger partial charge in [0.25, 0.3) is 0 Å². The molecule has 0 heterocycles. The van der Waals surface area contributed by atoms with Crippen molar-refractivity contribution in [2.24, 2.45) is 29.6 Å². The predicted octanol–water partition coefficient (Wildman–Crippen LogP) is 6.50. The molecule has 0 saturated carbocycles. The molecule has 0 bridgehead atoms. The molecule has 0 amide bonds. The molecule has 5 atom stereocenters. The van der Waals surface area contributed by atoms with E-state index in [9.17, 15) is 0 Å². The molecule has 109 valence electrons. The Morgan fingerprint density at radius 3 is 1.79 bits per heavy atom. The number of rotatable bonds is 0. The van der Waals surface area contributed by atoms with Crippen LogP contribution in [0.1, 0.15) is 41.5 Å². The van der Waals surface area contributed by atoms with Crippen LogP contribution in [0.15, 0.2) is 22.8 Å². The van der Waals surface area contributed by atoms with Gasteiger partial charge >= 0.3 is 42.6 Å². The zero-order valence-electron chi connectivity index (χ0n) is 12.6. The Hall–Kier alpha value is 1.06. The van der Waals surface area contributed by atoms with Crippen LogP contribution in [0.4, 0.5) is 0 Å². The van der Waals surface area contributed by atoms with Crippen molar-refractivity contribution in [1.82, 2.24) is 0 Å². The first-order valence-electron chi connectivity index (χ1n) is 6.94. The number of hydrogen-bond acceptors (Lipinski definition) is 0. The van der Waals surface area contributed by atoms with Crippen LogP contribution in [0.2, 0.25) is 0 Å².